The first kappa shape index (κ1) is 20.4. The van der Waals surface area contributed by atoms with Crippen LogP contribution in [0.25, 0.3) is 0 Å². The van der Waals surface area contributed by atoms with Crippen LogP contribution in [0.4, 0.5) is 5.69 Å². The lowest BCUT2D eigenvalue weighted by atomic mass is 10.1. The van der Waals surface area contributed by atoms with Gasteiger partial charge in [-0.05, 0) is 55.7 Å². The van der Waals surface area contributed by atoms with E-state index in [2.05, 4.69) is 23.1 Å². The Balaban J connectivity index is 1.96. The first-order valence-electron chi connectivity index (χ1n) is 8.70. The molecule has 1 aromatic rings. The molecule has 144 valence electrons. The molecule has 0 spiro atoms. The summed E-state index contributed by atoms with van der Waals surface area (Å²) in [7, 11) is -3.34. The standard InChI is InChI=1S/C17H26N4O3S2/c1-4-5-6-9-18-17(25)20-19-16(22)13-7-8-15-14(11-13)10-12(2)21(15)26(3,23)24/h7-8,11-12H,4-6,9-10H2,1-3H3,(H,19,22)(H2,18,20,25)/t12-/m0/s1. The van der Waals surface area contributed by atoms with Crippen molar-refractivity contribution in [3.05, 3.63) is 29.3 Å². The van der Waals surface area contributed by atoms with E-state index >= 15 is 0 Å². The second kappa shape index (κ2) is 8.68. The number of amides is 1. The van der Waals surface area contributed by atoms with Crippen LogP contribution in [0, 0.1) is 0 Å². The van der Waals surface area contributed by atoms with E-state index in [9.17, 15) is 13.2 Å². The Bertz CT molecular complexity index is 780. The van der Waals surface area contributed by atoms with Crippen molar-refractivity contribution in [2.45, 2.75) is 45.6 Å². The Morgan fingerprint density at radius 1 is 1.31 bits per heavy atom. The first-order chi connectivity index (χ1) is 12.2. The molecular weight excluding hydrogens is 372 g/mol. The van der Waals surface area contributed by atoms with Crippen molar-refractivity contribution in [1.29, 1.82) is 0 Å². The molecule has 3 N–H and O–H groups in total. The molecule has 0 bridgehead atoms. The third-order valence-corrected chi connectivity index (χ3v) is 5.73. The Morgan fingerprint density at radius 2 is 2.04 bits per heavy atom. The molecule has 26 heavy (non-hydrogen) atoms. The van der Waals surface area contributed by atoms with Crippen molar-refractivity contribution in [2.24, 2.45) is 0 Å². The summed E-state index contributed by atoms with van der Waals surface area (Å²) in [6, 6.07) is 4.86. The van der Waals surface area contributed by atoms with Crippen LogP contribution in [0.1, 0.15) is 49.0 Å². The Kier molecular flexibility index (Phi) is 6.82. The van der Waals surface area contributed by atoms with Crippen LogP contribution in [0.3, 0.4) is 0 Å². The highest BCUT2D eigenvalue weighted by Crippen LogP contribution is 2.34. The number of unbranched alkanes of at least 4 members (excludes halogenated alkanes) is 2. The molecular formula is C17H26N4O3S2. The fourth-order valence-corrected chi connectivity index (χ4v) is 4.47. The van der Waals surface area contributed by atoms with Gasteiger partial charge in [0.15, 0.2) is 5.11 Å². The van der Waals surface area contributed by atoms with E-state index in [1.165, 1.54) is 10.6 Å². The number of benzene rings is 1. The molecule has 1 aliphatic rings. The van der Waals surface area contributed by atoms with Crippen molar-refractivity contribution in [3.63, 3.8) is 0 Å². The van der Waals surface area contributed by atoms with Crippen LogP contribution in [0.5, 0.6) is 0 Å². The van der Waals surface area contributed by atoms with Gasteiger partial charge in [0.25, 0.3) is 5.91 Å². The summed E-state index contributed by atoms with van der Waals surface area (Å²) in [6.45, 7) is 4.74. The zero-order chi connectivity index (χ0) is 19.3. The van der Waals surface area contributed by atoms with E-state index in [1.807, 2.05) is 6.92 Å². The highest BCUT2D eigenvalue weighted by molar-refractivity contribution is 7.92. The van der Waals surface area contributed by atoms with Crippen molar-refractivity contribution < 1.29 is 13.2 Å². The van der Waals surface area contributed by atoms with Crippen molar-refractivity contribution in [1.82, 2.24) is 16.2 Å². The van der Waals surface area contributed by atoms with Gasteiger partial charge in [-0.3, -0.25) is 20.0 Å². The predicted octanol–water partition coefficient (Wildman–Crippen LogP) is 1.70. The van der Waals surface area contributed by atoms with Gasteiger partial charge in [-0.25, -0.2) is 8.42 Å². The van der Waals surface area contributed by atoms with Crippen LogP contribution < -0.4 is 20.5 Å². The predicted molar refractivity (Wildman–Crippen MR) is 108 cm³/mol. The van der Waals surface area contributed by atoms with Gasteiger partial charge in [0.05, 0.1) is 11.9 Å². The van der Waals surface area contributed by atoms with Crippen LogP contribution in [-0.4, -0.2) is 38.3 Å². The molecule has 0 saturated carbocycles. The normalized spacial score (nSPS) is 16.1. The van der Waals surface area contributed by atoms with E-state index in [1.54, 1.807) is 18.2 Å². The molecule has 7 nitrogen and oxygen atoms in total. The molecule has 0 fully saturated rings. The molecule has 1 heterocycles. The van der Waals surface area contributed by atoms with Gasteiger partial charge in [-0.2, -0.15) is 0 Å². The number of hydrazine groups is 1. The number of nitrogens with zero attached hydrogens (tertiary/aromatic N) is 1. The summed E-state index contributed by atoms with van der Waals surface area (Å²) in [4.78, 5) is 12.3. The topological polar surface area (TPSA) is 90.5 Å². The van der Waals surface area contributed by atoms with Crippen molar-refractivity contribution in [3.8, 4) is 0 Å². The van der Waals surface area contributed by atoms with E-state index < -0.39 is 10.0 Å². The fourth-order valence-electron chi connectivity index (χ4n) is 3.06. The van der Waals surface area contributed by atoms with E-state index in [0.717, 1.165) is 31.4 Å². The molecule has 9 heteroatoms. The van der Waals surface area contributed by atoms with Crippen molar-refractivity contribution >= 4 is 38.9 Å². The number of sulfonamides is 1. The van der Waals surface area contributed by atoms with Gasteiger partial charge in [0, 0.05) is 18.2 Å². The molecule has 1 atom stereocenters. The Hall–Kier alpha value is -1.87. The lowest BCUT2D eigenvalue weighted by Gasteiger charge is -2.21. The van der Waals surface area contributed by atoms with Gasteiger partial charge in [0.1, 0.15) is 0 Å². The summed E-state index contributed by atoms with van der Waals surface area (Å²) < 4.78 is 25.3. The molecule has 2 rings (SSSR count). The smallest absolute Gasteiger partial charge is 0.269 e. The second-order valence-electron chi connectivity index (χ2n) is 6.50. The number of carbonyl (C=O) groups excluding carboxylic acids is 1. The third kappa shape index (κ3) is 5.07. The maximum Gasteiger partial charge on any atom is 0.269 e. The minimum absolute atomic E-state index is 0.156. The van der Waals surface area contributed by atoms with Crippen LogP contribution in [-0.2, 0) is 16.4 Å². The first-order valence-corrected chi connectivity index (χ1v) is 11.0. The van der Waals surface area contributed by atoms with Gasteiger partial charge in [-0.15, -0.1) is 0 Å². The van der Waals surface area contributed by atoms with Gasteiger partial charge in [-0.1, -0.05) is 19.8 Å². The zero-order valence-electron chi connectivity index (χ0n) is 15.3. The Labute approximate surface area is 160 Å². The number of nitrogens with one attached hydrogen (secondary N) is 3. The largest absolute Gasteiger partial charge is 0.361 e. The zero-order valence-corrected chi connectivity index (χ0v) is 17.0. The molecule has 1 aromatic carbocycles. The van der Waals surface area contributed by atoms with E-state index in [0.29, 0.717) is 22.8 Å². The number of rotatable bonds is 6. The minimum Gasteiger partial charge on any atom is -0.361 e. The van der Waals surface area contributed by atoms with Gasteiger partial charge >= 0.3 is 0 Å². The molecule has 0 aliphatic carbocycles. The van der Waals surface area contributed by atoms with Crippen LogP contribution in [0.15, 0.2) is 18.2 Å². The number of hydrogen-bond acceptors (Lipinski definition) is 4. The number of hydrogen-bond donors (Lipinski definition) is 3. The van der Waals surface area contributed by atoms with Gasteiger partial charge in [0.2, 0.25) is 10.0 Å². The maximum absolute atomic E-state index is 12.3. The van der Waals surface area contributed by atoms with Crippen LogP contribution >= 0.6 is 12.2 Å². The molecule has 0 unspecified atom stereocenters. The molecule has 1 amide bonds. The van der Waals surface area contributed by atoms with Gasteiger partial charge < -0.3 is 5.32 Å². The molecule has 0 saturated heterocycles. The number of carbonyl (C=O) groups is 1. The highest BCUT2D eigenvalue weighted by atomic mass is 32.2. The minimum atomic E-state index is -3.34. The monoisotopic (exact) mass is 398 g/mol. The Morgan fingerprint density at radius 3 is 2.69 bits per heavy atom. The summed E-state index contributed by atoms with van der Waals surface area (Å²) >= 11 is 5.11. The highest BCUT2D eigenvalue weighted by Gasteiger charge is 2.32. The van der Waals surface area contributed by atoms with E-state index in [-0.39, 0.29) is 11.9 Å². The van der Waals surface area contributed by atoms with E-state index in [4.69, 9.17) is 12.2 Å². The SMILES string of the molecule is CCCCCNC(=S)NNC(=O)c1ccc2c(c1)C[C@H](C)N2S(C)(=O)=O. The second-order valence-corrected chi connectivity index (χ2v) is 8.77. The number of thiocarbonyl (C=S) groups is 1. The summed E-state index contributed by atoms with van der Waals surface area (Å²) in [6.07, 6.45) is 5.05. The molecule has 1 aliphatic heterocycles. The average Bonchev–Trinajstić information content (AvgIpc) is 2.91. The van der Waals surface area contributed by atoms with Crippen LogP contribution in [0.2, 0.25) is 0 Å². The third-order valence-electron chi connectivity index (χ3n) is 4.21. The maximum atomic E-state index is 12.3. The summed E-state index contributed by atoms with van der Waals surface area (Å²) in [5.41, 5.74) is 7.17. The lowest BCUT2D eigenvalue weighted by Crippen LogP contribution is -2.47. The summed E-state index contributed by atoms with van der Waals surface area (Å²) in [5, 5.41) is 3.39. The molecule has 0 aromatic heterocycles. The molecule has 0 radical (unpaired) electrons. The van der Waals surface area contributed by atoms with Crippen molar-refractivity contribution in [2.75, 3.05) is 17.1 Å². The number of anilines is 1. The number of fused-ring (bicyclic) bond motifs is 1. The lowest BCUT2D eigenvalue weighted by molar-refractivity contribution is 0.0943. The summed E-state index contributed by atoms with van der Waals surface area (Å²) in [5.74, 6) is -0.323. The fraction of sp³-hybridized carbons (Fsp3) is 0.529. The average molecular weight is 399 g/mol. The quantitative estimate of drug-likeness (QED) is 0.384.